The minimum atomic E-state index is 0.864. The highest BCUT2D eigenvalue weighted by atomic mass is 16.3. The molecule has 0 bridgehead atoms. The van der Waals surface area contributed by atoms with Crippen LogP contribution >= 0.6 is 0 Å². The van der Waals surface area contributed by atoms with Gasteiger partial charge in [0.25, 0.3) is 0 Å². The standard InChI is InChI=1S/C52H35NO/c1-3-13-36(14-4-1)41-19-11-20-43(34-41)47-22-12-24-51-52(47)48-35-45(31-32-50(48)54-51)53(49-23-10-9-21-46(49)39-16-5-2-6-17-39)44-29-27-38(28-30-44)42-26-25-37-15-7-8-18-40(37)33-42/h1-35H. The van der Waals surface area contributed by atoms with Gasteiger partial charge in [-0.05, 0) is 104 Å². The molecule has 0 unspecified atom stereocenters. The Morgan fingerprint density at radius 2 is 0.907 bits per heavy atom. The third-order valence-electron chi connectivity index (χ3n) is 10.5. The maximum atomic E-state index is 6.55. The van der Waals surface area contributed by atoms with E-state index in [0.29, 0.717) is 0 Å². The number of nitrogens with zero attached hydrogens (tertiary/aromatic N) is 1. The first-order valence-electron chi connectivity index (χ1n) is 18.4. The molecular weight excluding hydrogens is 655 g/mol. The van der Waals surface area contributed by atoms with E-state index in [4.69, 9.17) is 4.42 Å². The highest BCUT2D eigenvalue weighted by Crippen LogP contribution is 2.45. The predicted molar refractivity (Wildman–Crippen MR) is 228 cm³/mol. The van der Waals surface area contributed by atoms with Crippen LogP contribution in [0.4, 0.5) is 17.1 Å². The molecule has 254 valence electrons. The van der Waals surface area contributed by atoms with Gasteiger partial charge in [0.05, 0.1) is 5.69 Å². The quantitative estimate of drug-likeness (QED) is 0.166. The summed E-state index contributed by atoms with van der Waals surface area (Å²) >= 11 is 0. The van der Waals surface area contributed by atoms with Gasteiger partial charge in [-0.1, -0.05) is 158 Å². The van der Waals surface area contributed by atoms with E-state index >= 15 is 0 Å². The minimum absolute atomic E-state index is 0.864. The van der Waals surface area contributed by atoms with E-state index in [1.807, 2.05) is 0 Å². The summed E-state index contributed by atoms with van der Waals surface area (Å²) in [4.78, 5) is 2.38. The zero-order chi connectivity index (χ0) is 35.8. The Hall–Kier alpha value is -7.16. The van der Waals surface area contributed by atoms with Crippen LogP contribution in [0.15, 0.2) is 217 Å². The molecule has 0 aliphatic rings. The fourth-order valence-electron chi connectivity index (χ4n) is 7.82. The Labute approximate surface area is 314 Å². The average Bonchev–Trinajstić information content (AvgIpc) is 3.63. The van der Waals surface area contributed by atoms with Crippen LogP contribution in [-0.4, -0.2) is 0 Å². The number of furan rings is 1. The number of anilines is 3. The zero-order valence-corrected chi connectivity index (χ0v) is 29.6. The molecule has 0 saturated carbocycles. The van der Waals surface area contributed by atoms with Crippen molar-refractivity contribution in [2.45, 2.75) is 0 Å². The van der Waals surface area contributed by atoms with Crippen molar-refractivity contribution < 1.29 is 4.42 Å². The topological polar surface area (TPSA) is 16.4 Å². The van der Waals surface area contributed by atoms with Crippen molar-refractivity contribution in [1.29, 1.82) is 0 Å². The molecule has 0 aliphatic carbocycles. The van der Waals surface area contributed by atoms with Gasteiger partial charge in [0.1, 0.15) is 11.2 Å². The van der Waals surface area contributed by atoms with Crippen molar-refractivity contribution in [3.05, 3.63) is 212 Å². The SMILES string of the molecule is c1ccc(-c2cccc(-c3cccc4oc5ccc(N(c6ccc(-c7ccc8ccccc8c7)cc6)c6ccccc6-c6ccccc6)cc5c34)c2)cc1. The van der Waals surface area contributed by atoms with E-state index in [1.165, 1.54) is 38.6 Å². The van der Waals surface area contributed by atoms with Crippen molar-refractivity contribution >= 4 is 49.8 Å². The van der Waals surface area contributed by atoms with Gasteiger partial charge in [-0.25, -0.2) is 0 Å². The lowest BCUT2D eigenvalue weighted by Crippen LogP contribution is -2.11. The van der Waals surface area contributed by atoms with Gasteiger partial charge >= 0.3 is 0 Å². The Bertz CT molecular complexity index is 2920. The Balaban J connectivity index is 1.14. The molecule has 0 aliphatic heterocycles. The summed E-state index contributed by atoms with van der Waals surface area (Å²) in [7, 11) is 0. The van der Waals surface area contributed by atoms with Gasteiger partial charge in [0, 0.05) is 27.7 Å². The van der Waals surface area contributed by atoms with Crippen LogP contribution < -0.4 is 4.90 Å². The highest BCUT2D eigenvalue weighted by molar-refractivity contribution is 6.13. The van der Waals surface area contributed by atoms with E-state index in [9.17, 15) is 0 Å². The van der Waals surface area contributed by atoms with Crippen molar-refractivity contribution in [2.24, 2.45) is 0 Å². The molecule has 0 spiro atoms. The molecule has 0 fully saturated rings. The Kier molecular flexibility index (Phi) is 7.85. The zero-order valence-electron chi connectivity index (χ0n) is 29.6. The van der Waals surface area contributed by atoms with Gasteiger partial charge in [0.2, 0.25) is 0 Å². The van der Waals surface area contributed by atoms with E-state index in [0.717, 1.165) is 55.7 Å². The van der Waals surface area contributed by atoms with Crippen molar-refractivity contribution in [2.75, 3.05) is 4.90 Å². The summed E-state index contributed by atoms with van der Waals surface area (Å²) in [6.07, 6.45) is 0. The van der Waals surface area contributed by atoms with Crippen LogP contribution in [0, 0.1) is 0 Å². The molecule has 9 aromatic carbocycles. The number of hydrogen-bond donors (Lipinski definition) is 0. The first kappa shape index (κ1) is 31.6. The number of hydrogen-bond acceptors (Lipinski definition) is 2. The number of para-hydroxylation sites is 1. The molecule has 2 nitrogen and oxygen atoms in total. The van der Waals surface area contributed by atoms with Gasteiger partial charge < -0.3 is 9.32 Å². The van der Waals surface area contributed by atoms with E-state index in [2.05, 4.69) is 217 Å². The lowest BCUT2D eigenvalue weighted by Gasteiger charge is -2.28. The van der Waals surface area contributed by atoms with Crippen LogP contribution in [0.25, 0.3) is 77.2 Å². The molecule has 0 saturated heterocycles. The second-order valence-corrected chi connectivity index (χ2v) is 13.7. The Morgan fingerprint density at radius 3 is 1.74 bits per heavy atom. The average molecular weight is 690 g/mol. The van der Waals surface area contributed by atoms with Gasteiger partial charge in [-0.2, -0.15) is 0 Å². The number of rotatable bonds is 7. The molecule has 10 aromatic rings. The summed E-state index contributed by atoms with van der Waals surface area (Å²) in [6, 6.07) is 75.9. The molecular formula is C52H35NO. The van der Waals surface area contributed by atoms with Crippen LogP contribution in [0.3, 0.4) is 0 Å². The lowest BCUT2D eigenvalue weighted by molar-refractivity contribution is 0.669. The maximum Gasteiger partial charge on any atom is 0.136 e. The predicted octanol–water partition coefficient (Wildman–Crippen LogP) is 14.9. The molecule has 1 aromatic heterocycles. The fourth-order valence-corrected chi connectivity index (χ4v) is 7.82. The molecule has 0 amide bonds. The normalized spacial score (nSPS) is 11.3. The van der Waals surface area contributed by atoms with Gasteiger partial charge in [-0.3, -0.25) is 0 Å². The smallest absolute Gasteiger partial charge is 0.136 e. The Morgan fingerprint density at radius 1 is 0.315 bits per heavy atom. The van der Waals surface area contributed by atoms with Crippen molar-refractivity contribution in [1.82, 2.24) is 0 Å². The second kappa shape index (κ2) is 13.4. The molecule has 0 atom stereocenters. The van der Waals surface area contributed by atoms with Crippen LogP contribution in [0.5, 0.6) is 0 Å². The van der Waals surface area contributed by atoms with Crippen molar-refractivity contribution in [3.8, 4) is 44.5 Å². The third kappa shape index (κ3) is 5.71. The first-order valence-corrected chi connectivity index (χ1v) is 18.4. The van der Waals surface area contributed by atoms with E-state index < -0.39 is 0 Å². The van der Waals surface area contributed by atoms with Crippen LogP contribution in [0.2, 0.25) is 0 Å². The van der Waals surface area contributed by atoms with Crippen LogP contribution in [-0.2, 0) is 0 Å². The summed E-state index contributed by atoms with van der Waals surface area (Å²) in [5.74, 6) is 0. The summed E-state index contributed by atoms with van der Waals surface area (Å²) < 4.78 is 6.55. The summed E-state index contributed by atoms with van der Waals surface area (Å²) in [5.41, 5.74) is 14.4. The van der Waals surface area contributed by atoms with E-state index in [-0.39, 0.29) is 0 Å². The minimum Gasteiger partial charge on any atom is -0.456 e. The molecule has 0 N–H and O–H groups in total. The highest BCUT2D eigenvalue weighted by Gasteiger charge is 2.20. The molecule has 1 heterocycles. The second-order valence-electron chi connectivity index (χ2n) is 13.7. The van der Waals surface area contributed by atoms with Crippen molar-refractivity contribution in [3.63, 3.8) is 0 Å². The fraction of sp³-hybridized carbons (Fsp3) is 0. The lowest BCUT2D eigenvalue weighted by atomic mass is 9.95. The largest absolute Gasteiger partial charge is 0.456 e. The molecule has 0 radical (unpaired) electrons. The summed E-state index contributed by atoms with van der Waals surface area (Å²) in [5, 5.41) is 4.68. The summed E-state index contributed by atoms with van der Waals surface area (Å²) in [6.45, 7) is 0. The number of benzene rings is 9. The monoisotopic (exact) mass is 689 g/mol. The van der Waals surface area contributed by atoms with Gasteiger partial charge in [0.15, 0.2) is 0 Å². The van der Waals surface area contributed by atoms with E-state index in [1.54, 1.807) is 0 Å². The molecule has 2 heteroatoms. The maximum absolute atomic E-state index is 6.55. The van der Waals surface area contributed by atoms with Gasteiger partial charge in [-0.15, -0.1) is 0 Å². The van der Waals surface area contributed by atoms with Crippen LogP contribution in [0.1, 0.15) is 0 Å². The molecule has 10 rings (SSSR count). The molecule has 54 heavy (non-hydrogen) atoms. The first-order chi connectivity index (χ1) is 26.8. The number of fused-ring (bicyclic) bond motifs is 4. The third-order valence-corrected chi connectivity index (χ3v) is 10.5.